The van der Waals surface area contributed by atoms with Crippen LogP contribution in [0.1, 0.15) is 16.8 Å². The standard InChI is InChI=1S/C19H18FN3O2S/c1-12-3-6-17-21-15(8-19(25)23(17)9-12)10-26-11-18(24)22-14-5-4-13(2)16(20)7-14/h3-9H,10-11H2,1-2H3,(H,22,24). The van der Waals surface area contributed by atoms with Crippen molar-refractivity contribution in [1.29, 1.82) is 0 Å². The number of nitrogens with zero attached hydrogens (tertiary/aromatic N) is 2. The van der Waals surface area contributed by atoms with Gasteiger partial charge in [0.2, 0.25) is 5.91 Å². The third-order valence-corrected chi connectivity index (χ3v) is 4.77. The molecule has 0 saturated heterocycles. The SMILES string of the molecule is Cc1ccc2nc(CSCC(=O)Nc3ccc(C)c(F)c3)cc(=O)n2c1. The summed E-state index contributed by atoms with van der Waals surface area (Å²) in [6.07, 6.45) is 1.75. The Bertz CT molecular complexity index is 1030. The largest absolute Gasteiger partial charge is 0.325 e. The van der Waals surface area contributed by atoms with Crippen molar-refractivity contribution in [2.75, 3.05) is 11.1 Å². The van der Waals surface area contributed by atoms with Crippen molar-refractivity contribution in [3.05, 3.63) is 75.6 Å². The second kappa shape index (κ2) is 7.70. The van der Waals surface area contributed by atoms with Gasteiger partial charge < -0.3 is 5.32 Å². The molecule has 0 radical (unpaired) electrons. The van der Waals surface area contributed by atoms with E-state index in [4.69, 9.17) is 0 Å². The minimum Gasteiger partial charge on any atom is -0.325 e. The van der Waals surface area contributed by atoms with E-state index in [0.29, 0.717) is 28.3 Å². The maximum absolute atomic E-state index is 13.5. The molecule has 0 aliphatic heterocycles. The number of rotatable bonds is 5. The van der Waals surface area contributed by atoms with E-state index in [2.05, 4.69) is 10.3 Å². The van der Waals surface area contributed by atoms with Gasteiger partial charge in [0.1, 0.15) is 11.5 Å². The third-order valence-electron chi connectivity index (χ3n) is 3.80. The second-order valence-electron chi connectivity index (χ2n) is 6.03. The van der Waals surface area contributed by atoms with Gasteiger partial charge in [-0.05, 0) is 43.2 Å². The fourth-order valence-corrected chi connectivity index (χ4v) is 3.16. The number of aromatic nitrogens is 2. The van der Waals surface area contributed by atoms with Gasteiger partial charge in [0.25, 0.3) is 5.56 Å². The number of nitrogens with one attached hydrogen (secondary N) is 1. The van der Waals surface area contributed by atoms with E-state index in [-0.39, 0.29) is 23.0 Å². The van der Waals surface area contributed by atoms with E-state index in [9.17, 15) is 14.0 Å². The van der Waals surface area contributed by atoms with Gasteiger partial charge in [-0.25, -0.2) is 9.37 Å². The molecule has 0 bridgehead atoms. The second-order valence-corrected chi connectivity index (χ2v) is 7.01. The number of amides is 1. The summed E-state index contributed by atoms with van der Waals surface area (Å²) < 4.78 is 15.0. The Morgan fingerprint density at radius 1 is 1.23 bits per heavy atom. The lowest BCUT2D eigenvalue weighted by Gasteiger charge is -2.07. The highest BCUT2D eigenvalue weighted by molar-refractivity contribution is 7.99. The van der Waals surface area contributed by atoms with Crippen LogP contribution in [0.15, 0.2) is 47.4 Å². The highest BCUT2D eigenvalue weighted by atomic mass is 32.2. The van der Waals surface area contributed by atoms with Crippen LogP contribution in [-0.2, 0) is 10.5 Å². The molecule has 0 unspecified atom stereocenters. The monoisotopic (exact) mass is 371 g/mol. The van der Waals surface area contributed by atoms with Gasteiger partial charge in [-0.3, -0.25) is 14.0 Å². The fraction of sp³-hybridized carbons (Fsp3) is 0.211. The number of carbonyl (C=O) groups is 1. The molecular weight excluding hydrogens is 353 g/mol. The lowest BCUT2D eigenvalue weighted by molar-refractivity contribution is -0.113. The van der Waals surface area contributed by atoms with Crippen molar-refractivity contribution in [2.45, 2.75) is 19.6 Å². The van der Waals surface area contributed by atoms with Gasteiger partial charge in [0, 0.05) is 23.7 Å². The molecule has 3 rings (SSSR count). The number of thioether (sulfide) groups is 1. The van der Waals surface area contributed by atoms with E-state index in [1.165, 1.54) is 28.3 Å². The molecular formula is C19H18FN3O2S. The van der Waals surface area contributed by atoms with Crippen LogP contribution in [0.5, 0.6) is 0 Å². The zero-order valence-corrected chi connectivity index (χ0v) is 15.3. The summed E-state index contributed by atoms with van der Waals surface area (Å²) in [4.78, 5) is 28.6. The minimum absolute atomic E-state index is 0.145. The quantitative estimate of drug-likeness (QED) is 0.747. The first-order chi connectivity index (χ1) is 12.4. The van der Waals surface area contributed by atoms with Crippen molar-refractivity contribution >= 4 is 29.0 Å². The summed E-state index contributed by atoms with van der Waals surface area (Å²) in [5.74, 6) is 0.0395. The van der Waals surface area contributed by atoms with Crippen LogP contribution in [0.4, 0.5) is 10.1 Å². The van der Waals surface area contributed by atoms with Crippen LogP contribution in [0.2, 0.25) is 0 Å². The summed E-state index contributed by atoms with van der Waals surface area (Å²) in [5, 5.41) is 2.66. The lowest BCUT2D eigenvalue weighted by Crippen LogP contribution is -2.16. The Kier molecular flexibility index (Phi) is 5.37. The Labute approximate surface area is 154 Å². The van der Waals surface area contributed by atoms with E-state index in [1.807, 2.05) is 13.0 Å². The number of pyridine rings is 1. The molecule has 2 heterocycles. The van der Waals surface area contributed by atoms with Gasteiger partial charge in [-0.2, -0.15) is 0 Å². The van der Waals surface area contributed by atoms with E-state index >= 15 is 0 Å². The molecule has 7 heteroatoms. The average molecular weight is 371 g/mol. The highest BCUT2D eigenvalue weighted by Gasteiger charge is 2.07. The molecule has 134 valence electrons. The summed E-state index contributed by atoms with van der Waals surface area (Å²) in [7, 11) is 0. The number of hydrogen-bond acceptors (Lipinski definition) is 4. The molecule has 0 aliphatic rings. The number of anilines is 1. The van der Waals surface area contributed by atoms with E-state index in [0.717, 1.165) is 5.56 Å². The fourth-order valence-electron chi connectivity index (χ4n) is 2.45. The number of halogens is 1. The third kappa shape index (κ3) is 4.29. The molecule has 1 amide bonds. The smallest absolute Gasteiger partial charge is 0.258 e. The van der Waals surface area contributed by atoms with Crippen molar-refractivity contribution < 1.29 is 9.18 Å². The molecule has 2 aromatic heterocycles. The van der Waals surface area contributed by atoms with Gasteiger partial charge in [0.15, 0.2) is 0 Å². The van der Waals surface area contributed by atoms with Gasteiger partial charge >= 0.3 is 0 Å². The Morgan fingerprint density at radius 2 is 2.04 bits per heavy atom. The first-order valence-corrected chi connectivity index (χ1v) is 9.20. The molecule has 3 aromatic rings. The summed E-state index contributed by atoms with van der Waals surface area (Å²) in [5.41, 5.74) is 3.00. The van der Waals surface area contributed by atoms with E-state index in [1.54, 1.807) is 31.3 Å². The predicted octanol–water partition coefficient (Wildman–Crippen LogP) is 3.32. The van der Waals surface area contributed by atoms with Gasteiger partial charge in [-0.15, -0.1) is 11.8 Å². The van der Waals surface area contributed by atoms with Crippen molar-refractivity contribution in [1.82, 2.24) is 9.38 Å². The first-order valence-electron chi connectivity index (χ1n) is 8.05. The minimum atomic E-state index is -0.355. The van der Waals surface area contributed by atoms with Crippen LogP contribution >= 0.6 is 11.8 Å². The van der Waals surface area contributed by atoms with Crippen molar-refractivity contribution in [3.63, 3.8) is 0 Å². The van der Waals surface area contributed by atoms with Crippen LogP contribution < -0.4 is 10.9 Å². The summed E-state index contributed by atoms with van der Waals surface area (Å²) in [6.45, 7) is 3.57. The molecule has 0 saturated carbocycles. The zero-order valence-electron chi connectivity index (χ0n) is 14.5. The van der Waals surface area contributed by atoms with Crippen LogP contribution in [0, 0.1) is 19.7 Å². The maximum atomic E-state index is 13.5. The molecule has 0 fully saturated rings. The molecule has 0 aliphatic carbocycles. The number of benzene rings is 1. The average Bonchev–Trinajstić information content (AvgIpc) is 2.59. The number of aryl methyl sites for hydroxylation is 2. The Balaban J connectivity index is 1.60. The first kappa shape index (κ1) is 18.1. The van der Waals surface area contributed by atoms with Crippen molar-refractivity contribution in [3.8, 4) is 0 Å². The Hall–Kier alpha value is -2.67. The van der Waals surface area contributed by atoms with E-state index < -0.39 is 0 Å². The summed E-state index contributed by atoms with van der Waals surface area (Å²) >= 11 is 1.35. The highest BCUT2D eigenvalue weighted by Crippen LogP contribution is 2.15. The predicted molar refractivity (Wildman–Crippen MR) is 102 cm³/mol. The number of fused-ring (bicyclic) bond motifs is 1. The number of hydrogen-bond donors (Lipinski definition) is 1. The Morgan fingerprint density at radius 3 is 2.81 bits per heavy atom. The summed E-state index contributed by atoms with van der Waals surface area (Å²) in [6, 6.07) is 9.75. The van der Waals surface area contributed by atoms with Crippen LogP contribution in [-0.4, -0.2) is 21.0 Å². The molecule has 1 aromatic carbocycles. The van der Waals surface area contributed by atoms with Crippen molar-refractivity contribution in [2.24, 2.45) is 0 Å². The zero-order chi connectivity index (χ0) is 18.7. The van der Waals surface area contributed by atoms with Gasteiger partial charge in [-0.1, -0.05) is 12.1 Å². The normalized spacial score (nSPS) is 10.9. The van der Waals surface area contributed by atoms with Crippen LogP contribution in [0.25, 0.3) is 5.65 Å². The van der Waals surface area contributed by atoms with Gasteiger partial charge in [0.05, 0.1) is 11.4 Å². The molecule has 1 N–H and O–H groups in total. The molecule has 26 heavy (non-hydrogen) atoms. The lowest BCUT2D eigenvalue weighted by atomic mass is 10.2. The molecule has 5 nitrogen and oxygen atoms in total. The molecule has 0 spiro atoms. The maximum Gasteiger partial charge on any atom is 0.258 e. The topological polar surface area (TPSA) is 63.5 Å². The van der Waals surface area contributed by atoms with Crippen LogP contribution in [0.3, 0.4) is 0 Å². The number of carbonyl (C=O) groups excluding carboxylic acids is 1. The molecule has 0 atom stereocenters.